The number of pyridine rings is 1. The number of aryl methyl sites for hydroxylation is 1. The van der Waals surface area contributed by atoms with Crippen LogP contribution in [0.3, 0.4) is 0 Å². The Morgan fingerprint density at radius 2 is 2.04 bits per heavy atom. The van der Waals surface area contributed by atoms with Crippen LogP contribution in [0.25, 0.3) is 16.6 Å². The molecule has 4 rings (SSSR count). The van der Waals surface area contributed by atoms with Crippen molar-refractivity contribution in [1.29, 1.82) is 0 Å². The van der Waals surface area contributed by atoms with Crippen LogP contribution < -0.4 is 10.6 Å². The molecule has 2 aliphatic rings. The van der Waals surface area contributed by atoms with Crippen molar-refractivity contribution in [2.24, 2.45) is 4.99 Å². The molecule has 27 heavy (non-hydrogen) atoms. The number of aliphatic imine (C=N–C) groups is 1. The maximum atomic E-state index is 13.0. The number of hydrogen-bond donors (Lipinski definition) is 3. The minimum atomic E-state index is -4.50. The highest BCUT2D eigenvalue weighted by atomic mass is 19.4. The Balaban J connectivity index is 1.76. The fourth-order valence-corrected chi connectivity index (χ4v) is 3.27. The summed E-state index contributed by atoms with van der Waals surface area (Å²) in [5.74, 6) is 0.611. The molecule has 0 saturated carbocycles. The van der Waals surface area contributed by atoms with E-state index in [-0.39, 0.29) is 18.4 Å². The number of H-pyrrole nitrogens is 1. The van der Waals surface area contributed by atoms with Crippen molar-refractivity contribution in [3.8, 4) is 0 Å². The topological polar surface area (TPSA) is 87.2 Å². The van der Waals surface area contributed by atoms with Crippen molar-refractivity contribution in [1.82, 2.24) is 20.5 Å². The SMILES string of the molecule is Cc1cc2[nH]nc(C3=CC(C(F)(F)F)=NCN3)c2c(NC2CCOCC2)n1. The smallest absolute Gasteiger partial charge is 0.381 e. The van der Waals surface area contributed by atoms with Crippen LogP contribution in [0.4, 0.5) is 19.0 Å². The second-order valence-corrected chi connectivity index (χ2v) is 6.57. The van der Waals surface area contributed by atoms with Crippen LogP contribution in [-0.4, -0.2) is 53.0 Å². The number of aromatic amines is 1. The number of halogens is 3. The molecule has 0 aliphatic carbocycles. The molecule has 144 valence electrons. The number of ether oxygens (including phenoxy) is 1. The lowest BCUT2D eigenvalue weighted by Gasteiger charge is -2.24. The fourth-order valence-electron chi connectivity index (χ4n) is 3.27. The van der Waals surface area contributed by atoms with Gasteiger partial charge in [0.15, 0.2) is 0 Å². The van der Waals surface area contributed by atoms with Gasteiger partial charge in [0, 0.05) is 24.9 Å². The molecule has 4 heterocycles. The first-order valence-electron chi connectivity index (χ1n) is 8.69. The summed E-state index contributed by atoms with van der Waals surface area (Å²) in [6.07, 6.45) is -1.83. The van der Waals surface area contributed by atoms with Crippen LogP contribution in [0.5, 0.6) is 0 Å². The summed E-state index contributed by atoms with van der Waals surface area (Å²) in [4.78, 5) is 8.06. The summed E-state index contributed by atoms with van der Waals surface area (Å²) in [5, 5.41) is 14.1. The van der Waals surface area contributed by atoms with Gasteiger partial charge in [-0.05, 0) is 31.9 Å². The minimum Gasteiger partial charge on any atom is -0.381 e. The normalized spacial score (nSPS) is 18.8. The molecule has 1 fully saturated rings. The van der Waals surface area contributed by atoms with Gasteiger partial charge in [0.25, 0.3) is 0 Å². The van der Waals surface area contributed by atoms with Crippen molar-refractivity contribution in [2.45, 2.75) is 32.0 Å². The zero-order valence-corrected chi connectivity index (χ0v) is 14.7. The van der Waals surface area contributed by atoms with Gasteiger partial charge < -0.3 is 15.4 Å². The van der Waals surface area contributed by atoms with E-state index < -0.39 is 11.9 Å². The van der Waals surface area contributed by atoms with Crippen molar-refractivity contribution < 1.29 is 17.9 Å². The number of hydrogen-bond acceptors (Lipinski definition) is 6. The largest absolute Gasteiger partial charge is 0.433 e. The predicted octanol–water partition coefficient (Wildman–Crippen LogP) is 2.76. The van der Waals surface area contributed by atoms with Gasteiger partial charge in [-0.3, -0.25) is 10.1 Å². The third-order valence-electron chi connectivity index (χ3n) is 4.58. The zero-order valence-electron chi connectivity index (χ0n) is 14.7. The van der Waals surface area contributed by atoms with Gasteiger partial charge in [-0.15, -0.1) is 0 Å². The van der Waals surface area contributed by atoms with Crippen LogP contribution in [0, 0.1) is 6.92 Å². The Morgan fingerprint density at radius 3 is 2.78 bits per heavy atom. The van der Waals surface area contributed by atoms with Crippen LogP contribution in [0.1, 0.15) is 24.2 Å². The molecule has 10 heteroatoms. The summed E-state index contributed by atoms with van der Waals surface area (Å²) in [5.41, 5.74) is 1.24. The summed E-state index contributed by atoms with van der Waals surface area (Å²) in [6.45, 7) is 3.05. The fraction of sp³-hybridized carbons (Fsp3) is 0.471. The maximum Gasteiger partial charge on any atom is 0.433 e. The molecule has 0 bridgehead atoms. The molecule has 0 radical (unpaired) electrons. The molecule has 0 aromatic carbocycles. The van der Waals surface area contributed by atoms with Gasteiger partial charge in [0.1, 0.15) is 23.9 Å². The molecular formula is C17H19F3N6O. The minimum absolute atomic E-state index is 0.156. The Labute approximate surface area is 153 Å². The molecule has 3 N–H and O–H groups in total. The summed E-state index contributed by atoms with van der Waals surface area (Å²) in [7, 11) is 0. The number of fused-ring (bicyclic) bond motifs is 1. The highest BCUT2D eigenvalue weighted by Crippen LogP contribution is 2.31. The quantitative estimate of drug-likeness (QED) is 0.762. The van der Waals surface area contributed by atoms with Gasteiger partial charge in [0.05, 0.1) is 16.6 Å². The summed E-state index contributed by atoms with van der Waals surface area (Å²) >= 11 is 0. The second-order valence-electron chi connectivity index (χ2n) is 6.57. The third kappa shape index (κ3) is 3.61. The van der Waals surface area contributed by atoms with Crippen molar-refractivity contribution in [3.63, 3.8) is 0 Å². The molecule has 7 nitrogen and oxygen atoms in total. The average molecular weight is 380 g/mol. The summed E-state index contributed by atoms with van der Waals surface area (Å²) < 4.78 is 44.5. The Bertz CT molecular complexity index is 911. The Hall–Kier alpha value is -2.62. The van der Waals surface area contributed by atoms with E-state index in [1.807, 2.05) is 13.0 Å². The number of rotatable bonds is 3. The molecule has 0 atom stereocenters. The number of alkyl halides is 3. The van der Waals surface area contributed by atoms with E-state index in [1.165, 1.54) is 0 Å². The predicted molar refractivity (Wildman–Crippen MR) is 95.6 cm³/mol. The van der Waals surface area contributed by atoms with E-state index in [1.54, 1.807) is 0 Å². The maximum absolute atomic E-state index is 13.0. The highest BCUT2D eigenvalue weighted by Gasteiger charge is 2.36. The third-order valence-corrected chi connectivity index (χ3v) is 4.58. The number of nitrogens with one attached hydrogen (secondary N) is 3. The lowest BCUT2D eigenvalue weighted by Crippen LogP contribution is -2.29. The van der Waals surface area contributed by atoms with Crippen molar-refractivity contribution in [2.75, 3.05) is 25.2 Å². The molecule has 2 aromatic heterocycles. The van der Waals surface area contributed by atoms with Gasteiger partial charge in [-0.25, -0.2) is 4.98 Å². The molecule has 2 aliphatic heterocycles. The van der Waals surface area contributed by atoms with E-state index in [9.17, 15) is 13.2 Å². The van der Waals surface area contributed by atoms with Gasteiger partial charge in [0.2, 0.25) is 0 Å². The molecule has 0 unspecified atom stereocenters. The number of allylic oxidation sites excluding steroid dienone is 1. The summed E-state index contributed by atoms with van der Waals surface area (Å²) in [6, 6.07) is 2.02. The number of aromatic nitrogens is 3. The Morgan fingerprint density at radius 1 is 1.26 bits per heavy atom. The first-order valence-corrected chi connectivity index (χ1v) is 8.69. The number of nitrogens with zero attached hydrogens (tertiary/aromatic N) is 3. The Kier molecular flexibility index (Phi) is 4.50. The first kappa shape index (κ1) is 17.8. The van der Waals surface area contributed by atoms with E-state index in [0.29, 0.717) is 35.6 Å². The van der Waals surface area contributed by atoms with Crippen LogP contribution in [0.15, 0.2) is 17.1 Å². The lowest BCUT2D eigenvalue weighted by atomic mass is 10.1. The van der Waals surface area contributed by atoms with Crippen LogP contribution in [0.2, 0.25) is 0 Å². The van der Waals surface area contributed by atoms with Crippen LogP contribution >= 0.6 is 0 Å². The van der Waals surface area contributed by atoms with E-state index in [2.05, 4.69) is 30.8 Å². The van der Waals surface area contributed by atoms with E-state index in [4.69, 9.17) is 4.74 Å². The number of anilines is 1. The second kappa shape index (κ2) is 6.84. The molecule has 2 aromatic rings. The van der Waals surface area contributed by atoms with E-state index >= 15 is 0 Å². The monoisotopic (exact) mass is 380 g/mol. The molecule has 0 amide bonds. The van der Waals surface area contributed by atoms with Gasteiger partial charge in [-0.1, -0.05) is 0 Å². The lowest BCUT2D eigenvalue weighted by molar-refractivity contribution is -0.0580. The van der Waals surface area contributed by atoms with Crippen molar-refractivity contribution in [3.05, 3.63) is 23.5 Å². The van der Waals surface area contributed by atoms with Gasteiger partial charge >= 0.3 is 6.18 Å². The standard InChI is InChI=1S/C17H19F3N6O/c1-9-6-11-14(16(23-9)24-10-2-4-27-5-3-10)15(26-25-11)12-7-13(17(18,19)20)22-8-21-12/h6-7,10,21H,2-5,8H2,1H3,(H,23,24)(H,25,26). The molecular weight excluding hydrogens is 361 g/mol. The molecule has 0 spiro atoms. The van der Waals surface area contributed by atoms with Crippen molar-refractivity contribution >= 4 is 28.1 Å². The highest BCUT2D eigenvalue weighted by molar-refractivity contribution is 6.08. The first-order chi connectivity index (χ1) is 12.9. The molecule has 1 saturated heterocycles. The average Bonchev–Trinajstić information content (AvgIpc) is 3.06. The van der Waals surface area contributed by atoms with E-state index in [0.717, 1.165) is 24.6 Å². The van der Waals surface area contributed by atoms with Crippen LogP contribution in [-0.2, 0) is 4.74 Å². The van der Waals surface area contributed by atoms with Gasteiger partial charge in [-0.2, -0.15) is 18.3 Å². The zero-order chi connectivity index (χ0) is 19.0.